The van der Waals surface area contributed by atoms with E-state index in [9.17, 15) is 4.79 Å². The summed E-state index contributed by atoms with van der Waals surface area (Å²) in [5.41, 5.74) is 2.20. The fraction of sp³-hybridized carbons (Fsp3) is 0.0833. The molecule has 0 amide bonds. The Morgan fingerprint density at radius 2 is 2.18 bits per heavy atom. The van der Waals surface area contributed by atoms with Crippen molar-refractivity contribution in [1.29, 1.82) is 0 Å². The van der Waals surface area contributed by atoms with Crippen molar-refractivity contribution in [2.24, 2.45) is 0 Å². The second-order valence-corrected chi connectivity index (χ2v) is 6.21. The van der Waals surface area contributed by atoms with E-state index in [1.807, 2.05) is 18.2 Å². The molecule has 2 nitrogen and oxygen atoms in total. The lowest BCUT2D eigenvalue weighted by Crippen LogP contribution is -1.91. The summed E-state index contributed by atoms with van der Waals surface area (Å²) in [5, 5.41) is 9.73. The van der Waals surface area contributed by atoms with Crippen LogP contribution < -0.4 is 0 Å². The molecule has 3 rings (SSSR count). The lowest BCUT2D eigenvalue weighted by molar-refractivity contribution is 0.0702. The van der Waals surface area contributed by atoms with Gasteiger partial charge in [0.25, 0.3) is 0 Å². The molecule has 0 aliphatic carbocycles. The van der Waals surface area contributed by atoms with Gasteiger partial charge in [0.05, 0.1) is 0 Å². The number of hydrogen-bond donors (Lipinski definition) is 1. The Bertz CT molecular complexity index is 619. The molecular weight excluding hydrogens is 276 g/mol. The highest BCUT2D eigenvalue weighted by atomic mass is 35.5. The SMILES string of the molecule is O=C(O)c1cc2c(s1)-c1ccc(Cl)cc1SC2. The smallest absolute Gasteiger partial charge is 0.345 e. The Labute approximate surface area is 111 Å². The Kier molecular flexibility index (Phi) is 2.65. The molecule has 1 aliphatic rings. The molecule has 1 aromatic heterocycles. The summed E-state index contributed by atoms with van der Waals surface area (Å²) < 4.78 is 0. The van der Waals surface area contributed by atoms with Gasteiger partial charge in [-0.25, -0.2) is 4.79 Å². The Morgan fingerprint density at radius 1 is 1.35 bits per heavy atom. The summed E-state index contributed by atoms with van der Waals surface area (Å²) in [5.74, 6) is -0.0446. The highest BCUT2D eigenvalue weighted by Crippen LogP contribution is 2.46. The molecule has 0 saturated heterocycles. The van der Waals surface area contributed by atoms with Crippen molar-refractivity contribution in [3.63, 3.8) is 0 Å². The Morgan fingerprint density at radius 3 is 2.94 bits per heavy atom. The normalized spacial score (nSPS) is 13.0. The molecule has 5 heteroatoms. The van der Waals surface area contributed by atoms with Crippen molar-refractivity contribution in [3.05, 3.63) is 39.7 Å². The van der Waals surface area contributed by atoms with Crippen LogP contribution in [0, 0.1) is 0 Å². The van der Waals surface area contributed by atoms with Gasteiger partial charge in [0.15, 0.2) is 0 Å². The molecule has 0 atom stereocenters. The number of carbonyl (C=O) groups is 1. The van der Waals surface area contributed by atoms with Crippen molar-refractivity contribution in [2.45, 2.75) is 10.6 Å². The van der Waals surface area contributed by atoms with Crippen molar-refractivity contribution < 1.29 is 9.90 Å². The summed E-state index contributed by atoms with van der Waals surface area (Å²) in [6, 6.07) is 7.51. The van der Waals surface area contributed by atoms with E-state index in [-0.39, 0.29) is 0 Å². The summed E-state index contributed by atoms with van der Waals surface area (Å²) in [6.45, 7) is 0. The number of fused-ring (bicyclic) bond motifs is 3. The Hall–Kier alpha value is -0.970. The van der Waals surface area contributed by atoms with Crippen LogP contribution >= 0.6 is 34.7 Å². The van der Waals surface area contributed by atoms with Crippen LogP contribution in [0.5, 0.6) is 0 Å². The highest BCUT2D eigenvalue weighted by Gasteiger charge is 2.21. The predicted molar refractivity (Wildman–Crippen MR) is 71.3 cm³/mol. The number of rotatable bonds is 1. The number of carboxylic acids is 1. The van der Waals surface area contributed by atoms with E-state index < -0.39 is 5.97 Å². The van der Waals surface area contributed by atoms with Gasteiger partial charge in [0, 0.05) is 26.1 Å². The molecule has 86 valence electrons. The standard InChI is InChI=1S/C12H7ClO2S2/c13-7-1-2-8-9(4-7)16-5-6-3-10(12(14)15)17-11(6)8/h1-4H,5H2,(H,14,15). The van der Waals surface area contributed by atoms with E-state index in [1.165, 1.54) is 11.3 Å². The van der Waals surface area contributed by atoms with Gasteiger partial charge in [-0.3, -0.25) is 0 Å². The second-order valence-electron chi connectivity index (χ2n) is 3.70. The maximum Gasteiger partial charge on any atom is 0.345 e. The van der Waals surface area contributed by atoms with E-state index in [1.54, 1.807) is 17.8 Å². The number of thiophene rings is 1. The van der Waals surface area contributed by atoms with Crippen LogP contribution in [-0.2, 0) is 5.75 Å². The zero-order valence-corrected chi connectivity index (χ0v) is 11.0. The van der Waals surface area contributed by atoms with Crippen molar-refractivity contribution in [2.75, 3.05) is 0 Å². The molecule has 1 aliphatic heterocycles. The first kappa shape index (κ1) is 11.1. The molecule has 0 saturated carbocycles. The second kappa shape index (κ2) is 4.05. The zero-order chi connectivity index (χ0) is 12.0. The van der Waals surface area contributed by atoms with Crippen LogP contribution in [0.2, 0.25) is 5.02 Å². The molecule has 0 spiro atoms. The van der Waals surface area contributed by atoms with Gasteiger partial charge in [-0.1, -0.05) is 17.7 Å². The van der Waals surface area contributed by atoms with Crippen LogP contribution in [0.25, 0.3) is 10.4 Å². The van der Waals surface area contributed by atoms with Crippen molar-refractivity contribution in [3.8, 4) is 10.4 Å². The summed E-state index contributed by atoms with van der Waals surface area (Å²) in [4.78, 5) is 13.6. The van der Waals surface area contributed by atoms with Crippen LogP contribution in [0.15, 0.2) is 29.2 Å². The van der Waals surface area contributed by atoms with Crippen LogP contribution in [0.3, 0.4) is 0 Å². The molecule has 0 unspecified atom stereocenters. The lowest BCUT2D eigenvalue weighted by Gasteiger charge is -2.15. The van der Waals surface area contributed by atoms with Crippen LogP contribution in [0.4, 0.5) is 0 Å². The minimum absolute atomic E-state index is 0.401. The van der Waals surface area contributed by atoms with Crippen molar-refractivity contribution in [1.82, 2.24) is 0 Å². The quantitative estimate of drug-likeness (QED) is 0.844. The maximum atomic E-state index is 11.0. The average Bonchev–Trinajstić information content (AvgIpc) is 2.72. The molecule has 17 heavy (non-hydrogen) atoms. The molecule has 1 N–H and O–H groups in total. The third-order valence-corrected chi connectivity index (χ3v) is 5.13. The molecule has 0 bridgehead atoms. The number of aromatic carboxylic acids is 1. The lowest BCUT2D eigenvalue weighted by atomic mass is 10.1. The van der Waals surface area contributed by atoms with Crippen LogP contribution in [0.1, 0.15) is 15.2 Å². The first-order valence-electron chi connectivity index (χ1n) is 4.94. The summed E-state index contributed by atoms with van der Waals surface area (Å²) in [7, 11) is 0. The summed E-state index contributed by atoms with van der Waals surface area (Å²) >= 11 is 8.99. The molecular formula is C12H7ClO2S2. The fourth-order valence-corrected chi connectivity index (χ4v) is 4.35. The maximum absolute atomic E-state index is 11.0. The van der Waals surface area contributed by atoms with E-state index in [2.05, 4.69) is 0 Å². The molecule has 0 fully saturated rings. The fourth-order valence-electron chi connectivity index (χ4n) is 1.83. The van der Waals surface area contributed by atoms with E-state index in [0.717, 1.165) is 31.7 Å². The van der Waals surface area contributed by atoms with Crippen molar-refractivity contribution >= 4 is 40.7 Å². The average molecular weight is 283 g/mol. The number of carboxylic acid groups (broad SMARTS) is 1. The number of hydrogen-bond acceptors (Lipinski definition) is 3. The van der Waals surface area contributed by atoms with Gasteiger partial charge in [0.2, 0.25) is 0 Å². The van der Waals surface area contributed by atoms with E-state index >= 15 is 0 Å². The number of thioether (sulfide) groups is 1. The summed E-state index contributed by atoms with van der Waals surface area (Å²) in [6.07, 6.45) is 0. The molecule has 2 heterocycles. The van der Waals surface area contributed by atoms with Gasteiger partial charge < -0.3 is 5.11 Å². The molecule has 0 radical (unpaired) electrons. The van der Waals surface area contributed by atoms with Gasteiger partial charge in [-0.2, -0.15) is 0 Å². The highest BCUT2D eigenvalue weighted by molar-refractivity contribution is 7.98. The van der Waals surface area contributed by atoms with E-state index in [4.69, 9.17) is 16.7 Å². The van der Waals surface area contributed by atoms with Gasteiger partial charge in [-0.05, 0) is 23.8 Å². The largest absolute Gasteiger partial charge is 0.477 e. The third kappa shape index (κ3) is 1.86. The van der Waals surface area contributed by atoms with Gasteiger partial charge in [-0.15, -0.1) is 23.1 Å². The number of benzene rings is 1. The minimum Gasteiger partial charge on any atom is -0.477 e. The van der Waals surface area contributed by atoms with Gasteiger partial charge in [0.1, 0.15) is 4.88 Å². The topological polar surface area (TPSA) is 37.3 Å². The van der Waals surface area contributed by atoms with Gasteiger partial charge >= 0.3 is 5.97 Å². The van der Waals surface area contributed by atoms with E-state index in [0.29, 0.717) is 4.88 Å². The zero-order valence-electron chi connectivity index (χ0n) is 8.57. The monoisotopic (exact) mass is 282 g/mol. The first-order chi connectivity index (χ1) is 8.15. The number of halogens is 1. The predicted octanol–water partition coefficient (Wildman–Crippen LogP) is 4.37. The minimum atomic E-state index is -0.857. The van der Waals surface area contributed by atoms with Crippen LogP contribution in [-0.4, -0.2) is 11.1 Å². The molecule has 2 aromatic rings. The first-order valence-corrected chi connectivity index (χ1v) is 7.12. The Balaban J connectivity index is 2.19. The third-order valence-electron chi connectivity index (χ3n) is 2.59. The molecule has 1 aromatic carbocycles.